The van der Waals surface area contributed by atoms with Crippen molar-refractivity contribution in [2.45, 2.75) is 104 Å². The van der Waals surface area contributed by atoms with Crippen LogP contribution in [0.2, 0.25) is 0 Å². The molecule has 0 amide bonds. The Bertz CT molecular complexity index is 1160. The third-order valence-corrected chi connectivity index (χ3v) is 8.26. The second kappa shape index (κ2) is 11.4. The van der Waals surface area contributed by atoms with Crippen molar-refractivity contribution in [1.82, 2.24) is 0 Å². The average Bonchev–Trinajstić information content (AvgIpc) is 3.42. The van der Waals surface area contributed by atoms with Crippen molar-refractivity contribution in [3.63, 3.8) is 0 Å². The van der Waals surface area contributed by atoms with E-state index in [4.69, 9.17) is 9.98 Å². The lowest BCUT2D eigenvalue weighted by Crippen LogP contribution is -2.34. The van der Waals surface area contributed by atoms with Gasteiger partial charge in [-0.05, 0) is 104 Å². The Morgan fingerprint density at radius 3 is 1.89 bits per heavy atom. The Labute approximate surface area is 224 Å². The van der Waals surface area contributed by atoms with Crippen molar-refractivity contribution in [1.29, 1.82) is 0 Å². The molecule has 200 valence electrons. The molecule has 2 aliphatic rings. The number of nitrogens with zero attached hydrogens (tertiary/aromatic N) is 2. The van der Waals surface area contributed by atoms with Gasteiger partial charge in [0.05, 0.1) is 11.6 Å². The van der Waals surface area contributed by atoms with Crippen LogP contribution in [0.15, 0.2) is 34.3 Å². The van der Waals surface area contributed by atoms with Gasteiger partial charge in [-0.15, -0.1) is 0 Å². The fraction of sp³-hybridized carbons (Fsp3) is 0.576. The van der Waals surface area contributed by atoms with Gasteiger partial charge in [-0.1, -0.05) is 53.7 Å². The van der Waals surface area contributed by atoms with E-state index in [9.17, 15) is 10.2 Å². The third-order valence-electron chi connectivity index (χ3n) is 8.26. The molecule has 3 atom stereocenters. The van der Waals surface area contributed by atoms with E-state index in [1.807, 2.05) is 12.4 Å². The summed E-state index contributed by atoms with van der Waals surface area (Å²) in [5.41, 5.74) is 5.94. The summed E-state index contributed by atoms with van der Waals surface area (Å²) in [6.45, 7) is 13.1. The van der Waals surface area contributed by atoms with Crippen LogP contribution in [0.25, 0.3) is 0 Å². The molecule has 4 nitrogen and oxygen atoms in total. The topological polar surface area (TPSA) is 65.2 Å². The quantitative estimate of drug-likeness (QED) is 0.331. The van der Waals surface area contributed by atoms with E-state index in [1.54, 1.807) is 0 Å². The lowest BCUT2D eigenvalue weighted by atomic mass is 9.89. The Balaban J connectivity index is 1.63. The summed E-state index contributed by atoms with van der Waals surface area (Å²) in [5.74, 6) is 2.50. The minimum absolute atomic E-state index is 0.104. The summed E-state index contributed by atoms with van der Waals surface area (Å²) < 4.78 is 0. The highest BCUT2D eigenvalue weighted by molar-refractivity contribution is 5.86. The van der Waals surface area contributed by atoms with Crippen molar-refractivity contribution >= 4 is 12.4 Å². The predicted molar refractivity (Wildman–Crippen MR) is 156 cm³/mol. The van der Waals surface area contributed by atoms with Gasteiger partial charge in [0.25, 0.3) is 0 Å². The van der Waals surface area contributed by atoms with Gasteiger partial charge in [-0.2, -0.15) is 0 Å². The summed E-state index contributed by atoms with van der Waals surface area (Å²) in [7, 11) is 0. The first kappa shape index (κ1) is 27.4. The maximum atomic E-state index is 10.9. The van der Waals surface area contributed by atoms with Crippen LogP contribution in [0, 0.1) is 17.8 Å². The molecule has 0 aliphatic heterocycles. The maximum absolute atomic E-state index is 10.9. The summed E-state index contributed by atoms with van der Waals surface area (Å²) in [5, 5.41) is 21.8. The van der Waals surface area contributed by atoms with Gasteiger partial charge < -0.3 is 10.2 Å². The highest BCUT2D eigenvalue weighted by Crippen LogP contribution is 2.51. The van der Waals surface area contributed by atoms with E-state index in [-0.39, 0.29) is 11.6 Å². The van der Waals surface area contributed by atoms with Crippen molar-refractivity contribution in [3.8, 4) is 11.5 Å². The maximum Gasteiger partial charge on any atom is 0.127 e. The highest BCUT2D eigenvalue weighted by Gasteiger charge is 2.52. The molecular weight excluding hydrogens is 456 g/mol. The van der Waals surface area contributed by atoms with E-state index in [0.717, 1.165) is 67.2 Å². The van der Waals surface area contributed by atoms with Crippen molar-refractivity contribution in [3.05, 3.63) is 57.6 Å². The SMILES string of the molecule is CCc1cc(CC(C)C)cc(C=NC2CC3CCC2(N=Cc2cc(CC(C)C)cc(CC)c2O)C3)c1O. The van der Waals surface area contributed by atoms with E-state index in [1.165, 1.54) is 17.5 Å². The summed E-state index contributed by atoms with van der Waals surface area (Å²) >= 11 is 0. The number of rotatable bonds is 10. The normalized spacial score (nSPS) is 23.5. The number of aromatic hydroxyl groups is 2. The van der Waals surface area contributed by atoms with Crippen molar-refractivity contribution in [2.75, 3.05) is 0 Å². The number of fused-ring (bicyclic) bond motifs is 2. The fourth-order valence-corrected chi connectivity index (χ4v) is 6.46. The van der Waals surface area contributed by atoms with E-state index >= 15 is 0 Å². The molecule has 2 aromatic rings. The van der Waals surface area contributed by atoms with Gasteiger partial charge >= 0.3 is 0 Å². The summed E-state index contributed by atoms with van der Waals surface area (Å²) in [6, 6.07) is 8.60. The number of phenolic OH excluding ortho intramolecular Hbond substituents is 2. The Morgan fingerprint density at radius 1 is 0.865 bits per heavy atom. The smallest absolute Gasteiger partial charge is 0.127 e. The summed E-state index contributed by atoms with van der Waals surface area (Å²) in [4.78, 5) is 10.3. The second-order valence-electron chi connectivity index (χ2n) is 12.3. The van der Waals surface area contributed by atoms with Gasteiger partial charge in [0.1, 0.15) is 11.5 Å². The number of aryl methyl sites for hydroxylation is 2. The van der Waals surface area contributed by atoms with Gasteiger partial charge in [0, 0.05) is 23.6 Å². The molecule has 2 fully saturated rings. The first-order chi connectivity index (χ1) is 17.6. The van der Waals surface area contributed by atoms with Crippen LogP contribution in [0.5, 0.6) is 11.5 Å². The Hall–Kier alpha value is -2.62. The molecule has 0 heterocycles. The minimum atomic E-state index is -0.215. The van der Waals surface area contributed by atoms with Crippen LogP contribution in [0.4, 0.5) is 0 Å². The number of hydrogen-bond acceptors (Lipinski definition) is 4. The van der Waals surface area contributed by atoms with Crippen LogP contribution in [-0.2, 0) is 25.7 Å². The number of phenols is 2. The average molecular weight is 503 g/mol. The largest absolute Gasteiger partial charge is 0.507 e. The third kappa shape index (κ3) is 6.10. The molecule has 0 radical (unpaired) electrons. The van der Waals surface area contributed by atoms with Crippen LogP contribution in [0.3, 0.4) is 0 Å². The molecule has 2 aliphatic carbocycles. The van der Waals surface area contributed by atoms with Gasteiger partial charge in [-0.3, -0.25) is 9.98 Å². The highest BCUT2D eigenvalue weighted by atomic mass is 16.3. The van der Waals surface area contributed by atoms with E-state index in [2.05, 4.69) is 65.8 Å². The van der Waals surface area contributed by atoms with Gasteiger partial charge in [-0.25, -0.2) is 0 Å². The van der Waals surface area contributed by atoms with Crippen molar-refractivity contribution < 1.29 is 10.2 Å². The second-order valence-corrected chi connectivity index (χ2v) is 12.3. The van der Waals surface area contributed by atoms with E-state index < -0.39 is 0 Å². The molecule has 0 spiro atoms. The molecular formula is C33H46N2O2. The molecule has 2 saturated carbocycles. The van der Waals surface area contributed by atoms with Crippen LogP contribution < -0.4 is 0 Å². The zero-order valence-corrected chi connectivity index (χ0v) is 23.7. The standard InChI is InChI=1S/C33H46N2O2/c1-7-26-13-24(11-21(3)4)15-28(31(26)36)19-34-30-17-23-9-10-33(30,18-23)35-20-29-16-25(12-22(5)6)14-27(8-2)32(29)37/h13-16,19-23,30,36-37H,7-12,17-18H2,1-6H3. The predicted octanol–water partition coefficient (Wildman–Crippen LogP) is 7.47. The lowest BCUT2D eigenvalue weighted by molar-refractivity contribution is 0.367. The molecule has 4 rings (SSSR count). The molecule has 2 N–H and O–H groups in total. The minimum Gasteiger partial charge on any atom is -0.507 e. The van der Waals surface area contributed by atoms with E-state index in [0.29, 0.717) is 29.3 Å². The first-order valence-corrected chi connectivity index (χ1v) is 14.4. The van der Waals surface area contributed by atoms with Gasteiger partial charge in [0.15, 0.2) is 0 Å². The molecule has 2 bridgehead atoms. The first-order valence-electron chi connectivity index (χ1n) is 14.4. The number of benzene rings is 2. The molecule has 4 heteroatoms. The van der Waals surface area contributed by atoms with Crippen LogP contribution in [0.1, 0.15) is 101 Å². The molecule has 37 heavy (non-hydrogen) atoms. The number of hydrogen-bond donors (Lipinski definition) is 2. The lowest BCUT2D eigenvalue weighted by Gasteiger charge is -2.28. The Kier molecular flexibility index (Phi) is 8.46. The zero-order chi connectivity index (χ0) is 26.7. The van der Waals surface area contributed by atoms with Crippen LogP contribution >= 0.6 is 0 Å². The molecule has 0 aromatic heterocycles. The monoisotopic (exact) mass is 502 g/mol. The zero-order valence-electron chi connectivity index (χ0n) is 23.7. The number of aliphatic imine (C=N–C) groups is 2. The van der Waals surface area contributed by atoms with Crippen LogP contribution in [-0.4, -0.2) is 34.2 Å². The Morgan fingerprint density at radius 2 is 1.41 bits per heavy atom. The summed E-state index contributed by atoms with van der Waals surface area (Å²) in [6.07, 6.45) is 11.7. The molecule has 2 aromatic carbocycles. The molecule has 3 unspecified atom stereocenters. The van der Waals surface area contributed by atoms with Gasteiger partial charge in [0.2, 0.25) is 0 Å². The van der Waals surface area contributed by atoms with Crippen molar-refractivity contribution in [2.24, 2.45) is 27.7 Å². The molecule has 0 saturated heterocycles. The fourth-order valence-electron chi connectivity index (χ4n) is 6.46.